The second-order valence-electron chi connectivity index (χ2n) is 5.00. The summed E-state index contributed by atoms with van der Waals surface area (Å²) in [5.74, 6) is -0.0160. The first-order valence-electron chi connectivity index (χ1n) is 6.78. The van der Waals surface area contributed by atoms with Gasteiger partial charge in [-0.1, -0.05) is 30.3 Å². The number of rotatable bonds is 2. The highest BCUT2D eigenvalue weighted by Crippen LogP contribution is 2.26. The van der Waals surface area contributed by atoms with Gasteiger partial charge in [0.2, 0.25) is 5.78 Å². The number of nitrogens with one attached hydrogen (secondary N) is 1. The molecular formula is C18H13ClN2O. The maximum Gasteiger partial charge on any atom is 0.209 e. The number of hydrogen-bond donors (Lipinski definition) is 1. The summed E-state index contributed by atoms with van der Waals surface area (Å²) in [7, 11) is 0. The summed E-state index contributed by atoms with van der Waals surface area (Å²) in [6.45, 7) is 0. The molecule has 0 spiro atoms. The van der Waals surface area contributed by atoms with Gasteiger partial charge in [0.25, 0.3) is 0 Å². The average Bonchev–Trinajstić information content (AvgIpc) is 2.99. The predicted octanol–water partition coefficient (Wildman–Crippen LogP) is 4.37. The van der Waals surface area contributed by atoms with Crippen LogP contribution in [0.1, 0.15) is 16.1 Å². The van der Waals surface area contributed by atoms with Gasteiger partial charge in [-0.3, -0.25) is 9.78 Å². The molecule has 2 heterocycles. The van der Waals surface area contributed by atoms with Crippen LogP contribution in [0, 0.1) is 0 Å². The molecule has 4 aromatic rings. The fraction of sp³-hybridized carbons (Fsp3) is 0. The van der Waals surface area contributed by atoms with Gasteiger partial charge in [-0.25, -0.2) is 0 Å². The number of halogens is 1. The summed E-state index contributed by atoms with van der Waals surface area (Å²) in [6.07, 6.45) is 3.26. The van der Waals surface area contributed by atoms with Gasteiger partial charge in [-0.05, 0) is 35.0 Å². The number of pyridine rings is 1. The zero-order valence-corrected chi connectivity index (χ0v) is 12.4. The van der Waals surface area contributed by atoms with Crippen molar-refractivity contribution in [2.45, 2.75) is 0 Å². The van der Waals surface area contributed by atoms with Gasteiger partial charge in [-0.2, -0.15) is 0 Å². The van der Waals surface area contributed by atoms with Crippen LogP contribution in [0.15, 0.2) is 67.0 Å². The van der Waals surface area contributed by atoms with E-state index in [0.29, 0.717) is 11.3 Å². The fourth-order valence-corrected chi connectivity index (χ4v) is 2.67. The van der Waals surface area contributed by atoms with E-state index < -0.39 is 0 Å². The van der Waals surface area contributed by atoms with Crippen molar-refractivity contribution in [2.75, 3.05) is 0 Å². The van der Waals surface area contributed by atoms with E-state index in [-0.39, 0.29) is 18.2 Å². The second kappa shape index (κ2) is 5.62. The van der Waals surface area contributed by atoms with Gasteiger partial charge >= 0.3 is 0 Å². The Morgan fingerprint density at radius 1 is 0.909 bits per heavy atom. The standard InChI is InChI=1S/C18H12N2O.ClH/c21-18(13-7-9-19-10-8-13)17-11-15-14-4-2-1-3-12(14)5-6-16(15)20-17;/h1-11,20H;1H. The largest absolute Gasteiger partial charge is 0.352 e. The normalized spacial score (nSPS) is 10.5. The monoisotopic (exact) mass is 308 g/mol. The lowest BCUT2D eigenvalue weighted by Gasteiger charge is -1.97. The van der Waals surface area contributed by atoms with Crippen LogP contribution in [-0.2, 0) is 0 Å². The van der Waals surface area contributed by atoms with Crippen molar-refractivity contribution >= 4 is 39.9 Å². The third-order valence-corrected chi connectivity index (χ3v) is 3.72. The van der Waals surface area contributed by atoms with E-state index in [2.05, 4.69) is 28.2 Å². The van der Waals surface area contributed by atoms with Crippen LogP contribution in [0.25, 0.3) is 21.7 Å². The van der Waals surface area contributed by atoms with Crippen molar-refractivity contribution in [3.8, 4) is 0 Å². The van der Waals surface area contributed by atoms with Crippen LogP contribution in [-0.4, -0.2) is 15.8 Å². The number of aromatic amines is 1. The summed E-state index contributed by atoms with van der Waals surface area (Å²) in [4.78, 5) is 19.7. The van der Waals surface area contributed by atoms with Crippen LogP contribution < -0.4 is 0 Å². The smallest absolute Gasteiger partial charge is 0.209 e. The van der Waals surface area contributed by atoms with Crippen LogP contribution in [0.2, 0.25) is 0 Å². The Balaban J connectivity index is 0.00000144. The molecule has 3 nitrogen and oxygen atoms in total. The summed E-state index contributed by atoms with van der Waals surface area (Å²) in [6, 6.07) is 17.6. The minimum Gasteiger partial charge on any atom is -0.352 e. The number of fused-ring (bicyclic) bond motifs is 3. The lowest BCUT2D eigenvalue weighted by atomic mass is 10.1. The van der Waals surface area contributed by atoms with Gasteiger partial charge < -0.3 is 4.98 Å². The number of aromatic nitrogens is 2. The lowest BCUT2D eigenvalue weighted by molar-refractivity contribution is 0.103. The van der Waals surface area contributed by atoms with Crippen molar-refractivity contribution in [3.63, 3.8) is 0 Å². The molecule has 4 rings (SSSR count). The summed E-state index contributed by atoms with van der Waals surface area (Å²) in [5, 5.41) is 3.40. The van der Waals surface area contributed by atoms with Crippen LogP contribution in [0.4, 0.5) is 0 Å². The number of carbonyl (C=O) groups is 1. The molecule has 0 aliphatic rings. The molecule has 2 aromatic heterocycles. The van der Waals surface area contributed by atoms with E-state index in [1.54, 1.807) is 24.5 Å². The van der Waals surface area contributed by atoms with Crippen molar-refractivity contribution in [3.05, 3.63) is 78.2 Å². The Labute approximate surface area is 133 Å². The number of nitrogens with zero attached hydrogens (tertiary/aromatic N) is 1. The molecule has 0 saturated carbocycles. The van der Waals surface area contributed by atoms with Gasteiger partial charge in [0.05, 0.1) is 5.69 Å². The van der Waals surface area contributed by atoms with E-state index >= 15 is 0 Å². The number of carbonyl (C=O) groups excluding carboxylic acids is 1. The zero-order chi connectivity index (χ0) is 14.2. The minimum absolute atomic E-state index is 0. The predicted molar refractivity (Wildman–Crippen MR) is 90.7 cm³/mol. The molecule has 1 N–H and O–H groups in total. The van der Waals surface area contributed by atoms with E-state index in [1.807, 2.05) is 24.3 Å². The molecule has 22 heavy (non-hydrogen) atoms. The first kappa shape index (κ1) is 14.3. The summed E-state index contributed by atoms with van der Waals surface area (Å²) < 4.78 is 0. The molecule has 2 aromatic carbocycles. The number of benzene rings is 2. The molecule has 0 fully saturated rings. The van der Waals surface area contributed by atoms with Crippen molar-refractivity contribution in [1.82, 2.24) is 9.97 Å². The number of hydrogen-bond acceptors (Lipinski definition) is 2. The van der Waals surface area contributed by atoms with Crippen LogP contribution in [0.5, 0.6) is 0 Å². The molecule has 108 valence electrons. The number of H-pyrrole nitrogens is 1. The molecular weight excluding hydrogens is 296 g/mol. The molecule has 4 heteroatoms. The topological polar surface area (TPSA) is 45.8 Å². The van der Waals surface area contributed by atoms with Crippen LogP contribution >= 0.6 is 12.4 Å². The molecule has 0 aliphatic carbocycles. The van der Waals surface area contributed by atoms with E-state index in [9.17, 15) is 4.79 Å². The third kappa shape index (κ3) is 2.26. The van der Waals surface area contributed by atoms with Crippen molar-refractivity contribution in [1.29, 1.82) is 0 Å². The lowest BCUT2D eigenvalue weighted by Crippen LogP contribution is -2.01. The molecule has 0 radical (unpaired) electrons. The highest BCUT2D eigenvalue weighted by molar-refractivity contribution is 6.14. The molecule has 0 saturated heterocycles. The van der Waals surface area contributed by atoms with Crippen molar-refractivity contribution < 1.29 is 4.79 Å². The Bertz CT molecular complexity index is 961. The first-order chi connectivity index (χ1) is 10.3. The SMILES string of the molecule is Cl.O=C(c1ccncc1)c1cc2c(ccc3ccccc32)[nH]1. The van der Waals surface area contributed by atoms with E-state index in [0.717, 1.165) is 16.3 Å². The Kier molecular flexibility index (Phi) is 3.65. The maximum atomic E-state index is 12.5. The van der Waals surface area contributed by atoms with E-state index in [4.69, 9.17) is 0 Å². The third-order valence-electron chi connectivity index (χ3n) is 3.72. The fourth-order valence-electron chi connectivity index (χ4n) is 2.67. The van der Waals surface area contributed by atoms with Crippen LogP contribution in [0.3, 0.4) is 0 Å². The van der Waals surface area contributed by atoms with Gasteiger partial charge in [0.1, 0.15) is 0 Å². The Morgan fingerprint density at radius 3 is 2.50 bits per heavy atom. The van der Waals surface area contributed by atoms with Gasteiger partial charge in [0, 0.05) is 28.9 Å². The van der Waals surface area contributed by atoms with E-state index in [1.165, 1.54) is 5.39 Å². The molecule has 0 bridgehead atoms. The summed E-state index contributed by atoms with van der Waals surface area (Å²) in [5.41, 5.74) is 2.22. The quantitative estimate of drug-likeness (QED) is 0.559. The van der Waals surface area contributed by atoms with Gasteiger partial charge in [0.15, 0.2) is 0 Å². The highest BCUT2D eigenvalue weighted by atomic mass is 35.5. The number of ketones is 1. The molecule has 0 amide bonds. The highest BCUT2D eigenvalue weighted by Gasteiger charge is 2.12. The molecule has 0 atom stereocenters. The van der Waals surface area contributed by atoms with Crippen molar-refractivity contribution in [2.24, 2.45) is 0 Å². The minimum atomic E-state index is -0.0160. The van der Waals surface area contributed by atoms with Gasteiger partial charge in [-0.15, -0.1) is 12.4 Å². The zero-order valence-electron chi connectivity index (χ0n) is 11.6. The summed E-state index contributed by atoms with van der Waals surface area (Å²) >= 11 is 0. The molecule has 0 unspecified atom stereocenters. The maximum absolute atomic E-state index is 12.5. The Morgan fingerprint density at radius 2 is 1.68 bits per heavy atom. The second-order valence-corrected chi connectivity index (χ2v) is 5.00. The molecule has 0 aliphatic heterocycles. The Hall–Kier alpha value is -2.65. The first-order valence-corrected chi connectivity index (χ1v) is 6.78. The average molecular weight is 309 g/mol.